The van der Waals surface area contributed by atoms with Gasteiger partial charge in [-0.15, -0.1) is 0 Å². The van der Waals surface area contributed by atoms with Crippen LogP contribution in [0.25, 0.3) is 0 Å². The van der Waals surface area contributed by atoms with Crippen molar-refractivity contribution in [3.63, 3.8) is 0 Å². The minimum Gasteiger partial charge on any atom is -0.310 e. The molecule has 0 aromatic carbocycles. The maximum absolute atomic E-state index is 3.81. The van der Waals surface area contributed by atoms with Crippen LogP contribution in [0.3, 0.4) is 0 Å². The second kappa shape index (κ2) is 5.71. The molecule has 2 aliphatic rings. The van der Waals surface area contributed by atoms with Crippen molar-refractivity contribution in [1.82, 2.24) is 10.2 Å². The van der Waals surface area contributed by atoms with Crippen molar-refractivity contribution in [2.24, 2.45) is 11.8 Å². The van der Waals surface area contributed by atoms with E-state index in [9.17, 15) is 0 Å². The molecule has 0 amide bonds. The number of rotatable bonds is 5. The van der Waals surface area contributed by atoms with E-state index in [4.69, 9.17) is 0 Å². The van der Waals surface area contributed by atoms with Gasteiger partial charge in [0.25, 0.3) is 0 Å². The normalized spacial score (nSPS) is 33.4. The first kappa shape index (κ1) is 13.4. The fraction of sp³-hybridized carbons (Fsp3) is 1.00. The third-order valence-corrected chi connectivity index (χ3v) is 4.56. The van der Waals surface area contributed by atoms with Crippen LogP contribution in [0.5, 0.6) is 0 Å². The predicted octanol–water partition coefficient (Wildman–Crippen LogP) is 2.89. The van der Waals surface area contributed by atoms with Gasteiger partial charge in [0.05, 0.1) is 0 Å². The fourth-order valence-corrected chi connectivity index (χ4v) is 3.45. The molecule has 1 aliphatic heterocycles. The zero-order chi connectivity index (χ0) is 12.3. The lowest BCUT2D eigenvalue weighted by atomic mass is 9.94. The Bertz CT molecular complexity index is 237. The highest BCUT2D eigenvalue weighted by Crippen LogP contribution is 2.40. The molecule has 2 nitrogen and oxygen atoms in total. The van der Waals surface area contributed by atoms with Gasteiger partial charge >= 0.3 is 0 Å². The molecular formula is C15H30N2. The molecule has 0 aromatic heterocycles. The van der Waals surface area contributed by atoms with Gasteiger partial charge in [0.2, 0.25) is 0 Å². The van der Waals surface area contributed by atoms with Crippen LogP contribution in [0.2, 0.25) is 0 Å². The van der Waals surface area contributed by atoms with Crippen molar-refractivity contribution >= 4 is 0 Å². The second-order valence-electron chi connectivity index (χ2n) is 6.60. The Kier molecular flexibility index (Phi) is 4.48. The minimum absolute atomic E-state index is 0.405. The van der Waals surface area contributed by atoms with Gasteiger partial charge in [-0.3, -0.25) is 0 Å². The molecular weight excluding hydrogens is 208 g/mol. The van der Waals surface area contributed by atoms with E-state index >= 15 is 0 Å². The topological polar surface area (TPSA) is 15.3 Å². The van der Waals surface area contributed by atoms with Gasteiger partial charge in [-0.2, -0.15) is 0 Å². The van der Waals surface area contributed by atoms with Gasteiger partial charge in [0.1, 0.15) is 0 Å². The van der Waals surface area contributed by atoms with E-state index in [1.54, 1.807) is 0 Å². The summed E-state index contributed by atoms with van der Waals surface area (Å²) in [5.41, 5.74) is 0.405. The van der Waals surface area contributed by atoms with Crippen molar-refractivity contribution in [3.05, 3.63) is 0 Å². The number of nitrogens with zero attached hydrogens (tertiary/aromatic N) is 1. The van der Waals surface area contributed by atoms with Crippen LogP contribution >= 0.6 is 0 Å². The minimum atomic E-state index is 0.405. The molecule has 2 atom stereocenters. The Labute approximate surface area is 107 Å². The lowest BCUT2D eigenvalue weighted by Crippen LogP contribution is -2.51. The first-order chi connectivity index (χ1) is 8.14. The third-order valence-electron chi connectivity index (χ3n) is 4.56. The summed E-state index contributed by atoms with van der Waals surface area (Å²) in [7, 11) is 0. The highest BCUT2D eigenvalue weighted by molar-refractivity contribution is 5.01. The average molecular weight is 238 g/mol. The quantitative estimate of drug-likeness (QED) is 0.792. The van der Waals surface area contributed by atoms with Crippen molar-refractivity contribution in [3.8, 4) is 0 Å². The molecule has 2 heteroatoms. The first-order valence-electron chi connectivity index (χ1n) is 7.61. The highest BCUT2D eigenvalue weighted by Gasteiger charge is 2.42. The van der Waals surface area contributed by atoms with E-state index < -0.39 is 0 Å². The monoisotopic (exact) mass is 238 g/mol. The van der Waals surface area contributed by atoms with Crippen LogP contribution in [0.1, 0.15) is 52.9 Å². The maximum atomic E-state index is 3.81. The second-order valence-corrected chi connectivity index (χ2v) is 6.60. The molecule has 0 bridgehead atoms. The standard InChI is InChI=1S/C15H30N2/c1-4-6-13(2)11-17-10-5-9-16-15(3,12-17)14-7-8-14/h13-14,16H,4-12H2,1-3H3. The summed E-state index contributed by atoms with van der Waals surface area (Å²) >= 11 is 0. The van der Waals surface area contributed by atoms with Crippen molar-refractivity contribution in [1.29, 1.82) is 0 Å². The molecule has 1 N–H and O–H groups in total. The summed E-state index contributed by atoms with van der Waals surface area (Å²) in [6.07, 6.45) is 6.92. The van der Waals surface area contributed by atoms with Crippen LogP contribution in [-0.2, 0) is 0 Å². The summed E-state index contributed by atoms with van der Waals surface area (Å²) in [6.45, 7) is 12.2. The van der Waals surface area contributed by atoms with Gasteiger partial charge in [-0.1, -0.05) is 20.3 Å². The lowest BCUT2D eigenvalue weighted by molar-refractivity contribution is 0.178. The third kappa shape index (κ3) is 3.69. The Balaban J connectivity index is 1.88. The summed E-state index contributed by atoms with van der Waals surface area (Å²) in [6, 6.07) is 0. The van der Waals surface area contributed by atoms with Crippen molar-refractivity contribution in [2.75, 3.05) is 26.2 Å². The van der Waals surface area contributed by atoms with Crippen LogP contribution in [0, 0.1) is 11.8 Å². The molecule has 17 heavy (non-hydrogen) atoms. The molecule has 1 aliphatic carbocycles. The molecule has 1 saturated heterocycles. The summed E-state index contributed by atoms with van der Waals surface area (Å²) < 4.78 is 0. The molecule has 2 fully saturated rings. The molecule has 0 aromatic rings. The van der Waals surface area contributed by atoms with Crippen LogP contribution in [0.4, 0.5) is 0 Å². The van der Waals surface area contributed by atoms with Gasteiger partial charge in [0, 0.05) is 18.6 Å². The van der Waals surface area contributed by atoms with Crippen molar-refractivity contribution in [2.45, 2.75) is 58.4 Å². The molecule has 2 rings (SSSR count). The van der Waals surface area contributed by atoms with Crippen molar-refractivity contribution < 1.29 is 0 Å². The first-order valence-corrected chi connectivity index (χ1v) is 7.61. The van der Waals surface area contributed by atoms with E-state index in [1.807, 2.05) is 0 Å². The fourth-order valence-electron chi connectivity index (χ4n) is 3.45. The summed E-state index contributed by atoms with van der Waals surface area (Å²) in [4.78, 5) is 2.72. The van der Waals surface area contributed by atoms with E-state index in [1.165, 1.54) is 58.3 Å². The van der Waals surface area contributed by atoms with Gasteiger partial charge < -0.3 is 10.2 Å². The Morgan fingerprint density at radius 1 is 1.41 bits per heavy atom. The molecule has 0 spiro atoms. The Morgan fingerprint density at radius 3 is 2.82 bits per heavy atom. The zero-order valence-corrected chi connectivity index (χ0v) is 12.0. The van der Waals surface area contributed by atoms with Crippen LogP contribution in [0.15, 0.2) is 0 Å². The smallest absolute Gasteiger partial charge is 0.0308 e. The average Bonchev–Trinajstić information content (AvgIpc) is 3.06. The largest absolute Gasteiger partial charge is 0.310 e. The number of nitrogens with one attached hydrogen (secondary N) is 1. The van der Waals surface area contributed by atoms with Gasteiger partial charge in [0.15, 0.2) is 0 Å². The molecule has 100 valence electrons. The summed E-state index contributed by atoms with van der Waals surface area (Å²) in [5.74, 6) is 1.81. The van der Waals surface area contributed by atoms with E-state index in [0.717, 1.165) is 11.8 Å². The van der Waals surface area contributed by atoms with Crippen LogP contribution < -0.4 is 5.32 Å². The van der Waals surface area contributed by atoms with Gasteiger partial charge in [-0.25, -0.2) is 0 Å². The summed E-state index contributed by atoms with van der Waals surface area (Å²) in [5, 5.41) is 3.81. The molecule has 0 radical (unpaired) electrons. The Hall–Kier alpha value is -0.0800. The molecule has 1 heterocycles. The van der Waals surface area contributed by atoms with E-state index in [-0.39, 0.29) is 0 Å². The zero-order valence-electron chi connectivity index (χ0n) is 12.0. The number of hydrogen-bond acceptors (Lipinski definition) is 2. The van der Waals surface area contributed by atoms with E-state index in [2.05, 4.69) is 31.0 Å². The lowest BCUT2D eigenvalue weighted by Gasteiger charge is -2.35. The maximum Gasteiger partial charge on any atom is 0.0308 e. The predicted molar refractivity (Wildman–Crippen MR) is 74.3 cm³/mol. The van der Waals surface area contributed by atoms with Crippen LogP contribution in [-0.4, -0.2) is 36.6 Å². The molecule has 2 unspecified atom stereocenters. The highest BCUT2D eigenvalue weighted by atomic mass is 15.2. The Morgan fingerprint density at radius 2 is 2.18 bits per heavy atom. The van der Waals surface area contributed by atoms with E-state index in [0.29, 0.717) is 5.54 Å². The van der Waals surface area contributed by atoms with Gasteiger partial charge in [-0.05, 0) is 57.5 Å². The number of hydrogen-bond donors (Lipinski definition) is 1. The molecule has 1 saturated carbocycles. The SMILES string of the molecule is CCCC(C)CN1CCCNC(C)(C2CC2)C1.